The topological polar surface area (TPSA) is 12.0 Å². The summed E-state index contributed by atoms with van der Waals surface area (Å²) in [6.45, 7) is 1.95. The third kappa shape index (κ3) is 1.44. The molecule has 1 N–H and O–H groups in total. The minimum atomic E-state index is -0.134. The molecule has 1 saturated carbocycles. The molecule has 3 rings (SSSR count). The molecule has 1 aromatic rings. The van der Waals surface area contributed by atoms with Gasteiger partial charge in [0.05, 0.1) is 5.69 Å². The largest absolute Gasteiger partial charge is 0.379 e. The zero-order valence-corrected chi connectivity index (χ0v) is 9.41. The normalized spacial score (nSPS) is 31.0. The van der Waals surface area contributed by atoms with Gasteiger partial charge < -0.3 is 5.32 Å². The molecule has 16 heavy (non-hydrogen) atoms. The number of allylic oxidation sites excluding steroid dienone is 1. The maximum atomic E-state index is 13.6. The number of hydrogen-bond acceptors (Lipinski definition) is 1. The molecule has 3 unspecified atom stereocenters. The second-order valence-electron chi connectivity index (χ2n) is 4.92. The maximum absolute atomic E-state index is 13.6. The summed E-state index contributed by atoms with van der Waals surface area (Å²) in [4.78, 5) is 0. The predicted molar refractivity (Wildman–Crippen MR) is 63.9 cm³/mol. The average Bonchev–Trinajstić information content (AvgIpc) is 2.59. The lowest BCUT2D eigenvalue weighted by Crippen LogP contribution is -2.43. The summed E-state index contributed by atoms with van der Waals surface area (Å²) in [6, 6.07) is 5.66. The summed E-state index contributed by atoms with van der Waals surface area (Å²) >= 11 is 0. The molecular weight excluding hydrogens is 201 g/mol. The molecule has 2 aliphatic rings. The monoisotopic (exact) mass is 217 g/mol. The van der Waals surface area contributed by atoms with Gasteiger partial charge in [0.1, 0.15) is 5.82 Å². The highest BCUT2D eigenvalue weighted by atomic mass is 19.1. The molecule has 0 radical (unpaired) electrons. The van der Waals surface area contributed by atoms with Crippen molar-refractivity contribution in [3.05, 3.63) is 41.7 Å². The lowest BCUT2D eigenvalue weighted by atomic mass is 9.71. The fourth-order valence-electron chi connectivity index (χ4n) is 2.88. The van der Waals surface area contributed by atoms with Gasteiger partial charge in [0.25, 0.3) is 0 Å². The van der Waals surface area contributed by atoms with Crippen molar-refractivity contribution in [3.8, 4) is 0 Å². The van der Waals surface area contributed by atoms with Crippen LogP contribution in [0.5, 0.6) is 0 Å². The Morgan fingerprint density at radius 1 is 1.38 bits per heavy atom. The molecule has 0 saturated heterocycles. The van der Waals surface area contributed by atoms with Crippen LogP contribution in [-0.4, -0.2) is 6.04 Å². The van der Waals surface area contributed by atoms with Crippen LogP contribution in [0.25, 0.3) is 0 Å². The Balaban J connectivity index is 1.77. The Hall–Kier alpha value is -1.31. The first kappa shape index (κ1) is 9.88. The van der Waals surface area contributed by atoms with Gasteiger partial charge in [-0.15, -0.1) is 0 Å². The summed E-state index contributed by atoms with van der Waals surface area (Å²) in [6.07, 6.45) is 6.91. The molecule has 0 amide bonds. The highest BCUT2D eigenvalue weighted by Gasteiger charge is 2.41. The Morgan fingerprint density at radius 3 is 3.00 bits per heavy atom. The second kappa shape index (κ2) is 3.62. The summed E-state index contributed by atoms with van der Waals surface area (Å²) in [7, 11) is 0. The van der Waals surface area contributed by atoms with Gasteiger partial charge in [-0.05, 0) is 37.3 Å². The molecule has 3 atom stereocenters. The molecule has 84 valence electrons. The van der Waals surface area contributed by atoms with Crippen molar-refractivity contribution >= 4 is 5.69 Å². The van der Waals surface area contributed by atoms with Crippen LogP contribution in [-0.2, 0) is 0 Å². The van der Waals surface area contributed by atoms with E-state index in [0.29, 0.717) is 17.6 Å². The van der Waals surface area contributed by atoms with Crippen molar-refractivity contribution in [1.29, 1.82) is 0 Å². The van der Waals surface area contributed by atoms with Crippen LogP contribution in [0.4, 0.5) is 10.1 Å². The number of para-hydroxylation sites is 1. The van der Waals surface area contributed by atoms with E-state index in [1.54, 1.807) is 6.07 Å². The van der Waals surface area contributed by atoms with Gasteiger partial charge >= 0.3 is 0 Å². The molecule has 0 aromatic heterocycles. The summed E-state index contributed by atoms with van der Waals surface area (Å²) in [5.74, 6) is 1.30. The van der Waals surface area contributed by atoms with E-state index >= 15 is 0 Å². The maximum Gasteiger partial charge on any atom is 0.146 e. The van der Waals surface area contributed by atoms with Crippen LogP contribution in [0.15, 0.2) is 30.4 Å². The van der Waals surface area contributed by atoms with Gasteiger partial charge in [-0.1, -0.05) is 24.3 Å². The van der Waals surface area contributed by atoms with Crippen LogP contribution < -0.4 is 5.32 Å². The number of fused-ring (bicyclic) bond motifs is 1. The number of hydrogen-bond donors (Lipinski definition) is 1. The molecule has 1 aromatic carbocycles. The van der Waals surface area contributed by atoms with E-state index in [1.165, 1.54) is 18.9 Å². The number of halogens is 1. The summed E-state index contributed by atoms with van der Waals surface area (Å²) < 4.78 is 13.6. The molecule has 0 heterocycles. The van der Waals surface area contributed by atoms with E-state index in [1.807, 2.05) is 13.0 Å². The Morgan fingerprint density at radius 2 is 2.25 bits per heavy atom. The zero-order chi connectivity index (χ0) is 11.1. The molecule has 0 spiro atoms. The molecule has 1 nitrogen and oxygen atoms in total. The lowest BCUT2D eigenvalue weighted by molar-refractivity contribution is 0.217. The van der Waals surface area contributed by atoms with Gasteiger partial charge in [0.2, 0.25) is 0 Å². The van der Waals surface area contributed by atoms with Gasteiger partial charge in [0.15, 0.2) is 0 Å². The minimum Gasteiger partial charge on any atom is -0.379 e. The number of nitrogens with one attached hydrogen (secondary N) is 1. The van der Waals surface area contributed by atoms with Crippen molar-refractivity contribution in [2.24, 2.45) is 11.8 Å². The van der Waals surface area contributed by atoms with Gasteiger partial charge in [-0.3, -0.25) is 0 Å². The summed E-state index contributed by atoms with van der Waals surface area (Å²) in [5, 5.41) is 3.36. The van der Waals surface area contributed by atoms with Crippen LogP contribution in [0.2, 0.25) is 0 Å². The Kier molecular flexibility index (Phi) is 2.23. The van der Waals surface area contributed by atoms with Crippen molar-refractivity contribution in [2.75, 3.05) is 5.32 Å². The first-order valence-corrected chi connectivity index (χ1v) is 5.94. The van der Waals surface area contributed by atoms with Gasteiger partial charge in [-0.25, -0.2) is 4.39 Å². The van der Waals surface area contributed by atoms with E-state index in [0.717, 1.165) is 11.5 Å². The predicted octanol–water partition coefficient (Wildman–Crippen LogP) is 3.51. The third-order valence-corrected chi connectivity index (χ3v) is 3.91. The van der Waals surface area contributed by atoms with Crippen LogP contribution in [0.3, 0.4) is 0 Å². The Labute approximate surface area is 95.4 Å². The third-order valence-electron chi connectivity index (χ3n) is 3.91. The molecule has 0 bridgehead atoms. The lowest BCUT2D eigenvalue weighted by Gasteiger charge is -2.41. The standard InChI is InChI=1S/C14H16FN/c1-9-4-2-7-12(15)14(9)16-13-8-10-5-3-6-11(10)13/h2-4,6-7,10-11,13,16H,5,8H2,1H3. The van der Waals surface area contributed by atoms with Gasteiger partial charge in [0, 0.05) is 12.0 Å². The van der Waals surface area contributed by atoms with Crippen molar-refractivity contribution < 1.29 is 4.39 Å². The average molecular weight is 217 g/mol. The number of anilines is 1. The number of rotatable bonds is 2. The van der Waals surface area contributed by atoms with E-state index in [4.69, 9.17) is 0 Å². The first-order valence-electron chi connectivity index (χ1n) is 5.94. The van der Waals surface area contributed by atoms with Crippen LogP contribution in [0, 0.1) is 24.6 Å². The number of benzene rings is 1. The fraction of sp³-hybridized carbons (Fsp3) is 0.429. The van der Waals surface area contributed by atoms with Crippen LogP contribution in [0.1, 0.15) is 18.4 Å². The summed E-state index contributed by atoms with van der Waals surface area (Å²) in [5.41, 5.74) is 1.68. The van der Waals surface area contributed by atoms with Crippen molar-refractivity contribution in [2.45, 2.75) is 25.8 Å². The second-order valence-corrected chi connectivity index (χ2v) is 4.92. The number of aryl methyl sites for hydroxylation is 1. The Bertz CT molecular complexity index is 418. The highest BCUT2D eigenvalue weighted by Crippen LogP contribution is 2.44. The highest BCUT2D eigenvalue weighted by molar-refractivity contribution is 5.53. The van der Waals surface area contributed by atoms with Crippen molar-refractivity contribution in [3.63, 3.8) is 0 Å². The smallest absolute Gasteiger partial charge is 0.146 e. The molecule has 1 fully saturated rings. The van der Waals surface area contributed by atoms with Crippen molar-refractivity contribution in [1.82, 2.24) is 0 Å². The fourth-order valence-corrected chi connectivity index (χ4v) is 2.88. The van der Waals surface area contributed by atoms with E-state index < -0.39 is 0 Å². The molecule has 2 heteroatoms. The zero-order valence-electron chi connectivity index (χ0n) is 9.41. The SMILES string of the molecule is Cc1cccc(F)c1NC1CC2CC=CC21. The first-order chi connectivity index (χ1) is 7.75. The van der Waals surface area contributed by atoms with E-state index in [2.05, 4.69) is 17.5 Å². The van der Waals surface area contributed by atoms with E-state index in [-0.39, 0.29) is 5.82 Å². The van der Waals surface area contributed by atoms with Crippen LogP contribution >= 0.6 is 0 Å². The van der Waals surface area contributed by atoms with E-state index in [9.17, 15) is 4.39 Å². The molecular formula is C14H16FN. The van der Waals surface area contributed by atoms with Gasteiger partial charge in [-0.2, -0.15) is 0 Å². The quantitative estimate of drug-likeness (QED) is 0.747. The molecule has 0 aliphatic heterocycles. The molecule has 2 aliphatic carbocycles. The minimum absolute atomic E-state index is 0.134.